The number of amides is 1. The van der Waals surface area contributed by atoms with Gasteiger partial charge in [0.2, 0.25) is 11.9 Å². The first-order valence-corrected chi connectivity index (χ1v) is 7.31. The number of hydrogen-bond acceptors (Lipinski definition) is 4. The molecule has 0 saturated heterocycles. The summed E-state index contributed by atoms with van der Waals surface area (Å²) in [6, 6.07) is 5.16. The molecule has 1 atom stereocenters. The Morgan fingerprint density at radius 3 is 2.56 bits per heavy atom. The third kappa shape index (κ3) is 4.69. The number of rotatable bonds is 3. The van der Waals surface area contributed by atoms with Gasteiger partial charge in [-0.2, -0.15) is 17.6 Å². The van der Waals surface area contributed by atoms with Crippen molar-refractivity contribution in [3.8, 4) is 0 Å². The summed E-state index contributed by atoms with van der Waals surface area (Å²) in [6.07, 6.45) is -3.69. The molecule has 0 saturated carbocycles. The van der Waals surface area contributed by atoms with E-state index in [4.69, 9.17) is 12.2 Å². The maximum atomic E-state index is 13.4. The second-order valence-corrected chi connectivity index (χ2v) is 5.26. The number of pyridine rings is 2. The minimum atomic E-state index is -4.62. The van der Waals surface area contributed by atoms with Crippen molar-refractivity contribution in [2.75, 3.05) is 7.05 Å². The highest BCUT2D eigenvalue weighted by Crippen LogP contribution is 2.31. The van der Waals surface area contributed by atoms with Gasteiger partial charge in [0.05, 0.1) is 17.0 Å². The number of alkyl halides is 3. The van der Waals surface area contributed by atoms with Crippen LogP contribution in [-0.4, -0.2) is 28.0 Å². The molecule has 25 heavy (non-hydrogen) atoms. The number of halogens is 4. The Labute approximate surface area is 145 Å². The smallest absolute Gasteiger partial charge is 0.365 e. The Kier molecular flexibility index (Phi) is 5.62. The van der Waals surface area contributed by atoms with E-state index < -0.39 is 29.5 Å². The topological polar surface area (TPSA) is 66.9 Å². The molecule has 2 heterocycles. The monoisotopic (exact) mass is 372 g/mol. The van der Waals surface area contributed by atoms with Crippen LogP contribution in [-0.2, 0) is 11.0 Å². The van der Waals surface area contributed by atoms with Crippen molar-refractivity contribution < 1.29 is 22.4 Å². The van der Waals surface area contributed by atoms with Crippen molar-refractivity contribution in [1.29, 1.82) is 0 Å². The summed E-state index contributed by atoms with van der Waals surface area (Å²) >= 11 is 4.82. The number of hydrogen-bond donors (Lipinski definition) is 2. The summed E-state index contributed by atoms with van der Waals surface area (Å²) in [7, 11) is 1.46. The van der Waals surface area contributed by atoms with Gasteiger partial charge < -0.3 is 10.6 Å². The van der Waals surface area contributed by atoms with Crippen molar-refractivity contribution in [2.45, 2.75) is 12.1 Å². The average molecular weight is 372 g/mol. The summed E-state index contributed by atoms with van der Waals surface area (Å²) in [6.45, 7) is 0. The molecule has 0 aliphatic rings. The van der Waals surface area contributed by atoms with Crippen LogP contribution in [0.2, 0.25) is 0 Å². The van der Waals surface area contributed by atoms with Crippen LogP contribution < -0.4 is 10.6 Å². The number of thiocarbonyl (C=S) groups is 1. The fourth-order valence-corrected chi connectivity index (χ4v) is 2.13. The molecule has 2 rings (SSSR count). The summed E-state index contributed by atoms with van der Waals surface area (Å²) in [4.78, 5) is 19.9. The number of nitrogens with one attached hydrogen (secondary N) is 2. The predicted octanol–water partition coefficient (Wildman–Crippen LogP) is 2.39. The molecule has 0 fully saturated rings. The van der Waals surface area contributed by atoms with Gasteiger partial charge >= 0.3 is 6.18 Å². The van der Waals surface area contributed by atoms with Crippen LogP contribution in [0.3, 0.4) is 0 Å². The van der Waals surface area contributed by atoms with E-state index in [-0.39, 0.29) is 16.5 Å². The Morgan fingerprint density at radius 2 is 1.96 bits per heavy atom. The van der Waals surface area contributed by atoms with Crippen molar-refractivity contribution >= 4 is 23.2 Å². The third-order valence-corrected chi connectivity index (χ3v) is 3.47. The second kappa shape index (κ2) is 7.51. The van der Waals surface area contributed by atoms with E-state index in [0.717, 1.165) is 24.4 Å². The van der Waals surface area contributed by atoms with E-state index in [9.17, 15) is 22.4 Å². The largest absolute Gasteiger partial charge is 0.416 e. The van der Waals surface area contributed by atoms with Gasteiger partial charge in [0.25, 0.3) is 0 Å². The zero-order valence-corrected chi connectivity index (χ0v) is 13.6. The Morgan fingerprint density at radius 1 is 1.24 bits per heavy atom. The summed E-state index contributed by atoms with van der Waals surface area (Å²) < 4.78 is 52.2. The van der Waals surface area contributed by atoms with Crippen molar-refractivity contribution in [3.63, 3.8) is 0 Å². The van der Waals surface area contributed by atoms with Crippen LogP contribution in [0.4, 0.5) is 17.6 Å². The second-order valence-electron chi connectivity index (χ2n) is 4.85. The van der Waals surface area contributed by atoms with Gasteiger partial charge in [-0.3, -0.25) is 9.78 Å². The molecule has 0 aliphatic heterocycles. The first kappa shape index (κ1) is 18.7. The SMILES string of the molecule is CNC(=S)NC(=O)C(c1cc(C(F)(F)F)ccn1)c1cccc(F)n1. The Bertz CT molecular complexity index is 797. The van der Waals surface area contributed by atoms with E-state index in [2.05, 4.69) is 20.6 Å². The Balaban J connectivity index is 2.52. The summed E-state index contributed by atoms with van der Waals surface area (Å²) in [5.41, 5.74) is -1.31. The quantitative estimate of drug-likeness (QED) is 0.492. The first-order chi connectivity index (χ1) is 11.7. The molecule has 132 valence electrons. The number of carbonyl (C=O) groups excluding carboxylic acids is 1. The molecule has 2 N–H and O–H groups in total. The molecule has 0 aromatic carbocycles. The maximum absolute atomic E-state index is 13.4. The molecule has 0 aliphatic carbocycles. The van der Waals surface area contributed by atoms with Gasteiger partial charge in [0.1, 0.15) is 5.92 Å². The van der Waals surface area contributed by atoms with Crippen molar-refractivity contribution in [2.24, 2.45) is 0 Å². The lowest BCUT2D eigenvalue weighted by Gasteiger charge is -2.17. The van der Waals surface area contributed by atoms with Gasteiger partial charge in [0, 0.05) is 13.2 Å². The van der Waals surface area contributed by atoms with Crippen molar-refractivity contribution in [3.05, 3.63) is 59.4 Å². The highest BCUT2D eigenvalue weighted by atomic mass is 32.1. The van der Waals surface area contributed by atoms with E-state index in [1.54, 1.807) is 0 Å². The molecule has 10 heteroatoms. The van der Waals surface area contributed by atoms with Gasteiger partial charge in [-0.05, 0) is 36.5 Å². The van der Waals surface area contributed by atoms with Gasteiger partial charge in [-0.15, -0.1) is 0 Å². The number of aromatic nitrogens is 2. The molecular formula is C15H12F4N4OS. The lowest BCUT2D eigenvalue weighted by atomic mass is 9.97. The number of carbonyl (C=O) groups is 1. The first-order valence-electron chi connectivity index (χ1n) is 6.90. The molecule has 5 nitrogen and oxygen atoms in total. The van der Waals surface area contributed by atoms with Crippen LogP contribution in [0.1, 0.15) is 22.9 Å². The Hall–Kier alpha value is -2.62. The minimum absolute atomic E-state index is 0.0432. The van der Waals surface area contributed by atoms with Crippen LogP contribution in [0.5, 0.6) is 0 Å². The molecule has 0 radical (unpaired) electrons. The van der Waals surface area contributed by atoms with E-state index in [0.29, 0.717) is 0 Å². The molecule has 2 aromatic rings. The zero-order chi connectivity index (χ0) is 18.6. The highest BCUT2D eigenvalue weighted by Gasteiger charge is 2.33. The lowest BCUT2D eigenvalue weighted by molar-refractivity contribution is -0.137. The fraction of sp³-hybridized carbons (Fsp3) is 0.200. The third-order valence-electron chi connectivity index (χ3n) is 3.16. The number of nitrogens with zero attached hydrogens (tertiary/aromatic N) is 2. The van der Waals surface area contributed by atoms with Gasteiger partial charge in [-0.25, -0.2) is 4.98 Å². The minimum Gasteiger partial charge on any atom is -0.365 e. The molecule has 1 amide bonds. The normalized spacial score (nSPS) is 12.4. The molecule has 0 bridgehead atoms. The molecule has 0 spiro atoms. The molecule has 1 unspecified atom stereocenters. The predicted molar refractivity (Wildman–Crippen MR) is 85.1 cm³/mol. The summed E-state index contributed by atoms with van der Waals surface area (Å²) in [5.74, 6) is -3.04. The average Bonchev–Trinajstić information content (AvgIpc) is 2.54. The van der Waals surface area contributed by atoms with E-state index in [1.165, 1.54) is 19.2 Å². The van der Waals surface area contributed by atoms with E-state index in [1.807, 2.05) is 0 Å². The van der Waals surface area contributed by atoms with Gasteiger partial charge in [-0.1, -0.05) is 6.07 Å². The van der Waals surface area contributed by atoms with Crippen molar-refractivity contribution in [1.82, 2.24) is 20.6 Å². The highest BCUT2D eigenvalue weighted by molar-refractivity contribution is 7.80. The van der Waals surface area contributed by atoms with Crippen LogP contribution in [0.15, 0.2) is 36.5 Å². The zero-order valence-electron chi connectivity index (χ0n) is 12.8. The van der Waals surface area contributed by atoms with Crippen LogP contribution in [0, 0.1) is 5.95 Å². The summed E-state index contributed by atoms with van der Waals surface area (Å²) in [5, 5.41) is 4.76. The van der Waals surface area contributed by atoms with Crippen LogP contribution in [0.25, 0.3) is 0 Å². The standard InChI is InChI=1S/C15H12F4N4OS/c1-20-14(25)23-13(24)12(9-3-2-4-11(16)22-9)10-7-8(5-6-21-10)15(17,18)19/h2-7,12H,1H3,(H2,20,23,24,25). The maximum Gasteiger partial charge on any atom is 0.416 e. The van der Waals surface area contributed by atoms with Crippen LogP contribution >= 0.6 is 12.2 Å². The molecule has 2 aromatic heterocycles. The fourth-order valence-electron chi connectivity index (χ4n) is 2.03. The van der Waals surface area contributed by atoms with E-state index >= 15 is 0 Å². The lowest BCUT2D eigenvalue weighted by Crippen LogP contribution is -2.40. The van der Waals surface area contributed by atoms with Gasteiger partial charge in [0.15, 0.2) is 5.11 Å². The molecular weight excluding hydrogens is 360 g/mol.